The van der Waals surface area contributed by atoms with Crippen molar-refractivity contribution in [3.8, 4) is 0 Å². The summed E-state index contributed by atoms with van der Waals surface area (Å²) in [7, 11) is 0. The maximum Gasteiger partial charge on any atom is 0.222 e. The molecule has 0 radical (unpaired) electrons. The zero-order valence-corrected chi connectivity index (χ0v) is 9.62. The Bertz CT molecular complexity index is 223. The number of carbonyl (C=O) groups is 1. The van der Waals surface area contributed by atoms with Crippen LogP contribution in [0.4, 0.5) is 0 Å². The van der Waals surface area contributed by atoms with E-state index >= 15 is 0 Å². The highest BCUT2D eigenvalue weighted by molar-refractivity contribution is 5.77. The minimum absolute atomic E-state index is 0.00662. The number of rotatable bonds is 4. The van der Waals surface area contributed by atoms with Crippen LogP contribution in [0.15, 0.2) is 0 Å². The highest BCUT2D eigenvalue weighted by atomic mass is 16.3. The molecule has 15 heavy (non-hydrogen) atoms. The van der Waals surface area contributed by atoms with Gasteiger partial charge in [-0.3, -0.25) is 4.79 Å². The third kappa shape index (κ3) is 4.18. The molecule has 2 unspecified atom stereocenters. The first-order chi connectivity index (χ1) is 6.92. The monoisotopic (exact) mass is 214 g/mol. The zero-order valence-electron chi connectivity index (χ0n) is 9.62. The third-order valence-corrected chi connectivity index (χ3v) is 2.86. The smallest absolute Gasteiger partial charge is 0.222 e. The van der Waals surface area contributed by atoms with Crippen molar-refractivity contribution >= 4 is 5.91 Å². The molecule has 4 nitrogen and oxygen atoms in total. The van der Waals surface area contributed by atoms with Crippen LogP contribution in [0.25, 0.3) is 0 Å². The van der Waals surface area contributed by atoms with Gasteiger partial charge in [-0.2, -0.15) is 0 Å². The summed E-state index contributed by atoms with van der Waals surface area (Å²) in [6, 6.07) is 0.143. The molecular formula is C11H22N2O2. The number of hydrogen-bond donors (Lipinski definition) is 3. The fourth-order valence-corrected chi connectivity index (χ4v) is 2.12. The molecule has 0 aliphatic heterocycles. The number of hydrogen-bond acceptors (Lipinski definition) is 3. The molecule has 1 aliphatic rings. The van der Waals surface area contributed by atoms with Crippen molar-refractivity contribution < 1.29 is 9.90 Å². The normalized spacial score (nSPS) is 26.7. The van der Waals surface area contributed by atoms with E-state index in [1.807, 2.05) is 13.8 Å². The summed E-state index contributed by atoms with van der Waals surface area (Å²) in [5.74, 6) is 0.225. The molecule has 2 atom stereocenters. The molecule has 0 bridgehead atoms. The van der Waals surface area contributed by atoms with Crippen molar-refractivity contribution in [2.75, 3.05) is 6.61 Å². The summed E-state index contributed by atoms with van der Waals surface area (Å²) in [6.07, 6.45) is 3.40. The van der Waals surface area contributed by atoms with Crippen molar-refractivity contribution in [1.82, 2.24) is 5.32 Å². The van der Waals surface area contributed by atoms with Gasteiger partial charge in [0.15, 0.2) is 0 Å². The van der Waals surface area contributed by atoms with Gasteiger partial charge in [-0.15, -0.1) is 0 Å². The molecule has 88 valence electrons. The predicted molar refractivity (Wildman–Crippen MR) is 59.2 cm³/mol. The SMILES string of the molecule is CC(C)(N)CC(=O)NC1CCCC1CO. The molecule has 1 rings (SSSR count). The summed E-state index contributed by atoms with van der Waals surface area (Å²) < 4.78 is 0. The lowest BCUT2D eigenvalue weighted by Crippen LogP contribution is -2.44. The Labute approximate surface area is 91.2 Å². The molecular weight excluding hydrogens is 192 g/mol. The highest BCUT2D eigenvalue weighted by Crippen LogP contribution is 2.25. The van der Waals surface area contributed by atoms with Gasteiger partial charge >= 0.3 is 0 Å². The van der Waals surface area contributed by atoms with Crippen molar-refractivity contribution in [3.63, 3.8) is 0 Å². The molecule has 0 aromatic rings. The van der Waals surface area contributed by atoms with E-state index in [1.165, 1.54) is 0 Å². The molecule has 0 spiro atoms. The number of amides is 1. The topological polar surface area (TPSA) is 75.4 Å². The first kappa shape index (κ1) is 12.5. The van der Waals surface area contributed by atoms with Gasteiger partial charge in [0.2, 0.25) is 5.91 Å². The minimum Gasteiger partial charge on any atom is -0.396 e. The second-order valence-corrected chi connectivity index (χ2v) is 5.21. The first-order valence-corrected chi connectivity index (χ1v) is 5.61. The molecule has 0 aromatic carbocycles. The van der Waals surface area contributed by atoms with Gasteiger partial charge in [-0.05, 0) is 26.7 Å². The molecule has 1 aliphatic carbocycles. The predicted octanol–water partition coefficient (Wildman–Crippen LogP) is 0.391. The fraction of sp³-hybridized carbons (Fsp3) is 0.909. The molecule has 1 saturated carbocycles. The Morgan fingerprint density at radius 1 is 1.53 bits per heavy atom. The lowest BCUT2D eigenvalue weighted by Gasteiger charge is -2.22. The number of nitrogens with one attached hydrogen (secondary N) is 1. The summed E-state index contributed by atoms with van der Waals surface area (Å²) in [4.78, 5) is 11.6. The maximum absolute atomic E-state index is 11.6. The number of aliphatic hydroxyl groups is 1. The summed E-state index contributed by atoms with van der Waals surface area (Å²) >= 11 is 0. The van der Waals surface area contributed by atoms with E-state index in [1.54, 1.807) is 0 Å². The van der Waals surface area contributed by atoms with Crippen LogP contribution in [0.5, 0.6) is 0 Å². The van der Waals surface area contributed by atoms with E-state index in [-0.39, 0.29) is 24.5 Å². The van der Waals surface area contributed by atoms with E-state index in [9.17, 15) is 4.79 Å². The highest BCUT2D eigenvalue weighted by Gasteiger charge is 2.28. The largest absolute Gasteiger partial charge is 0.396 e. The molecule has 1 fully saturated rings. The van der Waals surface area contributed by atoms with Crippen LogP contribution < -0.4 is 11.1 Å². The fourth-order valence-electron chi connectivity index (χ4n) is 2.12. The molecule has 1 amide bonds. The first-order valence-electron chi connectivity index (χ1n) is 5.61. The lowest BCUT2D eigenvalue weighted by atomic mass is 10.0. The van der Waals surface area contributed by atoms with E-state index in [0.717, 1.165) is 19.3 Å². The van der Waals surface area contributed by atoms with Gasteiger partial charge in [0.05, 0.1) is 0 Å². The van der Waals surface area contributed by atoms with E-state index < -0.39 is 5.54 Å². The third-order valence-electron chi connectivity index (χ3n) is 2.86. The number of nitrogens with two attached hydrogens (primary N) is 1. The van der Waals surface area contributed by atoms with Crippen molar-refractivity contribution in [3.05, 3.63) is 0 Å². The van der Waals surface area contributed by atoms with Gasteiger partial charge in [-0.1, -0.05) is 6.42 Å². The van der Waals surface area contributed by atoms with Gasteiger partial charge in [0.1, 0.15) is 0 Å². The molecule has 0 aromatic heterocycles. The summed E-state index contributed by atoms with van der Waals surface area (Å²) in [5, 5.41) is 12.1. The molecule has 0 heterocycles. The lowest BCUT2D eigenvalue weighted by molar-refractivity contribution is -0.123. The van der Waals surface area contributed by atoms with Gasteiger partial charge < -0.3 is 16.2 Å². The Hall–Kier alpha value is -0.610. The Kier molecular flexibility index (Phi) is 4.11. The van der Waals surface area contributed by atoms with Crippen LogP contribution >= 0.6 is 0 Å². The molecule has 4 N–H and O–H groups in total. The average Bonchev–Trinajstić information content (AvgIpc) is 2.48. The van der Waals surface area contributed by atoms with Crippen molar-refractivity contribution in [2.24, 2.45) is 11.7 Å². The number of aliphatic hydroxyl groups excluding tert-OH is 1. The van der Waals surface area contributed by atoms with Crippen LogP contribution in [-0.2, 0) is 4.79 Å². The Morgan fingerprint density at radius 3 is 2.73 bits per heavy atom. The standard InChI is InChI=1S/C11H22N2O2/c1-11(2,12)6-10(15)13-9-5-3-4-8(9)7-14/h8-9,14H,3-7,12H2,1-2H3,(H,13,15). The minimum atomic E-state index is -0.461. The van der Waals surface area contributed by atoms with E-state index in [4.69, 9.17) is 10.8 Å². The number of carbonyl (C=O) groups excluding carboxylic acids is 1. The average molecular weight is 214 g/mol. The van der Waals surface area contributed by atoms with Crippen LogP contribution in [0.2, 0.25) is 0 Å². The second-order valence-electron chi connectivity index (χ2n) is 5.21. The van der Waals surface area contributed by atoms with Gasteiger partial charge in [-0.25, -0.2) is 0 Å². The summed E-state index contributed by atoms with van der Waals surface area (Å²) in [5.41, 5.74) is 5.31. The van der Waals surface area contributed by atoms with Crippen LogP contribution in [0.1, 0.15) is 39.5 Å². The van der Waals surface area contributed by atoms with Crippen LogP contribution in [0, 0.1) is 5.92 Å². The quantitative estimate of drug-likeness (QED) is 0.633. The van der Waals surface area contributed by atoms with Crippen LogP contribution in [0.3, 0.4) is 0 Å². The Balaban J connectivity index is 2.37. The van der Waals surface area contributed by atoms with Gasteiger partial charge in [0.25, 0.3) is 0 Å². The van der Waals surface area contributed by atoms with Crippen molar-refractivity contribution in [1.29, 1.82) is 0 Å². The Morgan fingerprint density at radius 2 is 2.20 bits per heavy atom. The van der Waals surface area contributed by atoms with E-state index in [2.05, 4.69) is 5.32 Å². The van der Waals surface area contributed by atoms with Crippen LogP contribution in [-0.4, -0.2) is 29.2 Å². The second kappa shape index (κ2) is 4.94. The van der Waals surface area contributed by atoms with Gasteiger partial charge in [0, 0.05) is 30.5 Å². The zero-order chi connectivity index (χ0) is 11.5. The maximum atomic E-state index is 11.6. The molecule has 4 heteroatoms. The molecule has 0 saturated heterocycles. The van der Waals surface area contributed by atoms with Crippen molar-refractivity contribution in [2.45, 2.75) is 51.1 Å². The summed E-state index contributed by atoms with van der Waals surface area (Å²) in [6.45, 7) is 3.84. The van der Waals surface area contributed by atoms with E-state index in [0.29, 0.717) is 6.42 Å².